The van der Waals surface area contributed by atoms with E-state index in [2.05, 4.69) is 39.0 Å². The molecule has 0 aliphatic rings. The third-order valence-electron chi connectivity index (χ3n) is 1.47. The van der Waals surface area contributed by atoms with Crippen LogP contribution in [-0.2, 0) is 0 Å². The van der Waals surface area contributed by atoms with Gasteiger partial charge in [-0.1, -0.05) is 58.2 Å². The Morgan fingerprint density at radius 1 is 1.27 bits per heavy atom. The van der Waals surface area contributed by atoms with Gasteiger partial charge >= 0.3 is 0 Å². The van der Waals surface area contributed by atoms with Crippen molar-refractivity contribution < 1.29 is 0 Å². The van der Waals surface area contributed by atoms with E-state index in [0.29, 0.717) is 0 Å². The molecule has 0 fully saturated rings. The SMILES string of the molecule is C#C.C=CC(=C)/C(C)=C/C=C\CC.CC. The lowest BCUT2D eigenvalue weighted by Crippen LogP contribution is -1.75. The lowest BCUT2D eigenvalue weighted by molar-refractivity contribution is 1.22. The fourth-order valence-electron chi connectivity index (χ4n) is 0.616. The topological polar surface area (TPSA) is 0 Å². The van der Waals surface area contributed by atoms with Crippen molar-refractivity contribution in [2.24, 2.45) is 0 Å². The predicted molar refractivity (Wildman–Crippen MR) is 73.8 cm³/mol. The van der Waals surface area contributed by atoms with Crippen LogP contribution in [0.4, 0.5) is 0 Å². The molecule has 0 aromatic rings. The molecule has 0 radical (unpaired) electrons. The highest BCUT2D eigenvalue weighted by molar-refractivity contribution is 5.36. The van der Waals surface area contributed by atoms with Crippen molar-refractivity contribution in [2.45, 2.75) is 34.1 Å². The van der Waals surface area contributed by atoms with Gasteiger partial charge in [0.1, 0.15) is 0 Å². The summed E-state index contributed by atoms with van der Waals surface area (Å²) in [5.41, 5.74) is 2.16. The number of hydrogen-bond acceptors (Lipinski definition) is 0. The molecule has 0 rings (SSSR count). The van der Waals surface area contributed by atoms with E-state index in [1.54, 1.807) is 6.08 Å². The molecular formula is C15H24. The molecule has 0 aliphatic heterocycles. The summed E-state index contributed by atoms with van der Waals surface area (Å²) in [4.78, 5) is 0. The van der Waals surface area contributed by atoms with Crippen molar-refractivity contribution >= 4 is 0 Å². The van der Waals surface area contributed by atoms with Crippen LogP contribution in [0.2, 0.25) is 0 Å². The fraction of sp³-hybridized carbons (Fsp3) is 0.333. The van der Waals surface area contributed by atoms with Crippen LogP contribution in [0.25, 0.3) is 0 Å². The maximum absolute atomic E-state index is 4.00. The quantitative estimate of drug-likeness (QED) is 0.450. The van der Waals surface area contributed by atoms with E-state index in [1.165, 1.54) is 5.57 Å². The van der Waals surface area contributed by atoms with Crippen molar-refractivity contribution in [1.82, 2.24) is 0 Å². The smallest absolute Gasteiger partial charge is 0.0305 e. The van der Waals surface area contributed by atoms with Crippen LogP contribution < -0.4 is 0 Å². The molecule has 0 saturated heterocycles. The van der Waals surface area contributed by atoms with Crippen LogP contribution in [-0.4, -0.2) is 0 Å². The van der Waals surface area contributed by atoms with Crippen LogP contribution >= 0.6 is 0 Å². The Morgan fingerprint density at radius 2 is 1.73 bits per heavy atom. The summed E-state index contributed by atoms with van der Waals surface area (Å²) in [6, 6.07) is 0. The maximum Gasteiger partial charge on any atom is -0.0305 e. The van der Waals surface area contributed by atoms with E-state index in [4.69, 9.17) is 0 Å². The van der Waals surface area contributed by atoms with E-state index in [1.807, 2.05) is 32.9 Å². The highest BCUT2D eigenvalue weighted by Gasteiger charge is 1.86. The molecule has 0 unspecified atom stereocenters. The standard InChI is InChI=1S/C11H16.C2H6.C2H2/c1-5-7-8-9-11(4)10(3)6-2;2*1-2/h6-9H,2-3,5H2,1,4H3;1-2H3;1-2H/b8-7-,11-9+;;. The van der Waals surface area contributed by atoms with Crippen LogP contribution in [0.3, 0.4) is 0 Å². The van der Waals surface area contributed by atoms with Crippen molar-refractivity contribution in [2.75, 3.05) is 0 Å². The third kappa shape index (κ3) is 15.3. The Balaban J connectivity index is -0.000000318. The van der Waals surface area contributed by atoms with Crippen LogP contribution in [0, 0.1) is 12.8 Å². The van der Waals surface area contributed by atoms with Gasteiger partial charge in [0.25, 0.3) is 0 Å². The fourth-order valence-corrected chi connectivity index (χ4v) is 0.616. The predicted octanol–water partition coefficient (Wildman–Crippen LogP) is 4.92. The van der Waals surface area contributed by atoms with E-state index in [0.717, 1.165) is 12.0 Å². The van der Waals surface area contributed by atoms with Gasteiger partial charge in [-0.3, -0.25) is 0 Å². The van der Waals surface area contributed by atoms with Gasteiger partial charge in [-0.05, 0) is 24.5 Å². The Morgan fingerprint density at radius 3 is 2.07 bits per heavy atom. The van der Waals surface area contributed by atoms with Gasteiger partial charge in [-0.15, -0.1) is 12.8 Å². The Kier molecular flexibility index (Phi) is 23.4. The summed E-state index contributed by atoms with van der Waals surface area (Å²) in [7, 11) is 0. The molecule has 0 bridgehead atoms. The molecule has 0 spiro atoms. The van der Waals surface area contributed by atoms with Crippen molar-refractivity contribution in [3.05, 3.63) is 48.6 Å². The van der Waals surface area contributed by atoms with Gasteiger partial charge in [0, 0.05) is 0 Å². The molecule has 84 valence electrons. The molecule has 0 heterocycles. The molecule has 0 N–H and O–H groups in total. The summed E-state index contributed by atoms with van der Waals surface area (Å²) < 4.78 is 0. The highest BCUT2D eigenvalue weighted by atomic mass is 13.9. The summed E-state index contributed by atoms with van der Waals surface area (Å²) in [6.45, 7) is 15.6. The second kappa shape index (κ2) is 18.3. The molecule has 0 amide bonds. The Labute approximate surface area is 96.1 Å². The first-order valence-electron chi connectivity index (χ1n) is 5.20. The van der Waals surface area contributed by atoms with Crippen molar-refractivity contribution in [3.63, 3.8) is 0 Å². The van der Waals surface area contributed by atoms with Gasteiger partial charge in [0.15, 0.2) is 0 Å². The minimum atomic E-state index is 0.991. The lowest BCUT2D eigenvalue weighted by atomic mass is 10.1. The van der Waals surface area contributed by atoms with Crippen LogP contribution in [0.1, 0.15) is 34.1 Å². The van der Waals surface area contributed by atoms with Gasteiger partial charge in [0.05, 0.1) is 0 Å². The zero-order chi connectivity index (χ0) is 12.7. The van der Waals surface area contributed by atoms with Crippen molar-refractivity contribution in [1.29, 1.82) is 0 Å². The van der Waals surface area contributed by atoms with Crippen molar-refractivity contribution in [3.8, 4) is 12.8 Å². The molecule has 0 heteroatoms. The normalized spacial score (nSPS) is 9.33. The molecule has 0 aromatic heterocycles. The molecule has 0 atom stereocenters. The van der Waals surface area contributed by atoms with E-state index < -0.39 is 0 Å². The van der Waals surface area contributed by atoms with Gasteiger partial charge in [-0.2, -0.15) is 0 Å². The maximum atomic E-state index is 4.00. The largest absolute Gasteiger partial charge is 0.124 e. The monoisotopic (exact) mass is 204 g/mol. The summed E-state index contributed by atoms with van der Waals surface area (Å²) in [6.07, 6.45) is 17.0. The van der Waals surface area contributed by atoms with Crippen LogP contribution in [0.15, 0.2) is 48.6 Å². The Bertz CT molecular complexity index is 224. The molecule has 0 saturated carbocycles. The average Bonchev–Trinajstić information content (AvgIpc) is 2.33. The number of rotatable bonds is 4. The van der Waals surface area contributed by atoms with Gasteiger partial charge < -0.3 is 0 Å². The molecule has 0 aromatic carbocycles. The lowest BCUT2D eigenvalue weighted by Gasteiger charge is -1.95. The summed E-state index contributed by atoms with van der Waals surface area (Å²) in [5.74, 6) is 0. The zero-order valence-corrected chi connectivity index (χ0v) is 10.6. The molecule has 0 nitrogen and oxygen atoms in total. The van der Waals surface area contributed by atoms with Gasteiger partial charge in [0.2, 0.25) is 0 Å². The first kappa shape index (κ1) is 19.1. The Hall–Kier alpha value is -1.48. The number of terminal acetylenes is 1. The molecule has 15 heavy (non-hydrogen) atoms. The van der Waals surface area contributed by atoms with Gasteiger partial charge in [-0.25, -0.2) is 0 Å². The summed E-state index contributed by atoms with van der Waals surface area (Å²) in [5, 5.41) is 0. The number of allylic oxidation sites excluding steroid dienone is 6. The first-order chi connectivity index (χ1) is 7.22. The zero-order valence-electron chi connectivity index (χ0n) is 10.6. The highest BCUT2D eigenvalue weighted by Crippen LogP contribution is 2.06. The number of hydrogen-bond donors (Lipinski definition) is 0. The summed E-state index contributed by atoms with van der Waals surface area (Å²) >= 11 is 0. The second-order valence-electron chi connectivity index (χ2n) is 2.42. The first-order valence-corrected chi connectivity index (χ1v) is 5.20. The van der Waals surface area contributed by atoms with E-state index in [9.17, 15) is 0 Å². The minimum Gasteiger partial charge on any atom is -0.124 e. The second-order valence-corrected chi connectivity index (χ2v) is 2.42. The minimum absolute atomic E-state index is 0.991. The average molecular weight is 204 g/mol. The van der Waals surface area contributed by atoms with Crippen LogP contribution in [0.5, 0.6) is 0 Å². The van der Waals surface area contributed by atoms with E-state index in [-0.39, 0.29) is 0 Å². The van der Waals surface area contributed by atoms with E-state index >= 15 is 0 Å². The molecule has 0 aliphatic carbocycles. The molecular weight excluding hydrogens is 180 g/mol. The third-order valence-corrected chi connectivity index (χ3v) is 1.47.